The molecule has 0 saturated heterocycles. The molecule has 0 aliphatic rings. The quantitative estimate of drug-likeness (QED) is 0.0261. The molecule has 0 fully saturated rings. The smallest absolute Gasteiger partial charge is 0.306 e. The van der Waals surface area contributed by atoms with E-state index in [-0.39, 0.29) is 31.1 Å². The summed E-state index contributed by atoms with van der Waals surface area (Å²) in [5, 5.41) is 0. The van der Waals surface area contributed by atoms with E-state index in [4.69, 9.17) is 14.2 Å². The van der Waals surface area contributed by atoms with Gasteiger partial charge in [-0.05, 0) is 70.6 Å². The van der Waals surface area contributed by atoms with Crippen molar-refractivity contribution < 1.29 is 28.6 Å². The molecule has 6 nitrogen and oxygen atoms in total. The zero-order valence-electron chi connectivity index (χ0n) is 54.4. The van der Waals surface area contributed by atoms with Gasteiger partial charge in [0, 0.05) is 19.3 Å². The van der Waals surface area contributed by atoms with Crippen LogP contribution >= 0.6 is 0 Å². The molecule has 0 aromatic heterocycles. The van der Waals surface area contributed by atoms with Gasteiger partial charge in [-0.3, -0.25) is 14.4 Å². The Labute approximate surface area is 500 Å². The third kappa shape index (κ3) is 66.7. The van der Waals surface area contributed by atoms with E-state index in [2.05, 4.69) is 45.1 Å². The van der Waals surface area contributed by atoms with E-state index in [1.165, 1.54) is 315 Å². The van der Waals surface area contributed by atoms with Crippen LogP contribution in [0.15, 0.2) is 24.3 Å². The van der Waals surface area contributed by atoms with Crippen molar-refractivity contribution in [1.29, 1.82) is 0 Å². The Morgan fingerprint density at radius 3 is 0.625 bits per heavy atom. The number of carbonyl (C=O) groups excluding carboxylic acids is 3. The lowest BCUT2D eigenvalue weighted by Gasteiger charge is -2.18. The minimum Gasteiger partial charge on any atom is -0.462 e. The maximum absolute atomic E-state index is 13.0. The lowest BCUT2D eigenvalue weighted by molar-refractivity contribution is -0.167. The van der Waals surface area contributed by atoms with Crippen LogP contribution in [0.5, 0.6) is 0 Å². The van der Waals surface area contributed by atoms with E-state index in [9.17, 15) is 14.4 Å². The molecule has 0 aromatic carbocycles. The summed E-state index contributed by atoms with van der Waals surface area (Å²) in [7, 11) is 0. The molecular weight excluding hydrogens is 985 g/mol. The van der Waals surface area contributed by atoms with Crippen LogP contribution in [0.3, 0.4) is 0 Å². The van der Waals surface area contributed by atoms with E-state index >= 15 is 0 Å². The molecule has 0 heterocycles. The van der Waals surface area contributed by atoms with E-state index in [0.717, 1.165) is 57.8 Å². The van der Waals surface area contributed by atoms with Crippen LogP contribution in [0, 0.1) is 0 Å². The van der Waals surface area contributed by atoms with Gasteiger partial charge in [-0.1, -0.05) is 347 Å². The first-order valence-electron chi connectivity index (χ1n) is 36.3. The number of hydrogen-bond donors (Lipinski definition) is 0. The van der Waals surface area contributed by atoms with Crippen molar-refractivity contribution in [2.75, 3.05) is 13.2 Å². The van der Waals surface area contributed by atoms with Gasteiger partial charge < -0.3 is 14.2 Å². The molecule has 0 aliphatic heterocycles. The van der Waals surface area contributed by atoms with Crippen LogP contribution in [-0.4, -0.2) is 37.2 Å². The van der Waals surface area contributed by atoms with Crippen molar-refractivity contribution in [1.82, 2.24) is 0 Å². The second-order valence-electron chi connectivity index (χ2n) is 24.9. The van der Waals surface area contributed by atoms with Gasteiger partial charge in [-0.25, -0.2) is 0 Å². The van der Waals surface area contributed by atoms with Crippen LogP contribution in [0.4, 0.5) is 0 Å². The number of allylic oxidation sites excluding steroid dienone is 4. The van der Waals surface area contributed by atoms with E-state index in [1.807, 2.05) is 0 Å². The van der Waals surface area contributed by atoms with Crippen molar-refractivity contribution in [2.24, 2.45) is 0 Å². The Morgan fingerprint density at radius 1 is 0.237 bits per heavy atom. The second kappa shape index (κ2) is 69.4. The van der Waals surface area contributed by atoms with Crippen molar-refractivity contribution in [3.8, 4) is 0 Å². The first-order chi connectivity index (χ1) is 39.5. The Kier molecular flexibility index (Phi) is 67.6. The van der Waals surface area contributed by atoms with Crippen LogP contribution in [0.25, 0.3) is 0 Å². The van der Waals surface area contributed by atoms with Crippen LogP contribution in [0.1, 0.15) is 412 Å². The molecular formula is C74H140O6. The predicted octanol–water partition coefficient (Wildman–Crippen LogP) is 25.0. The Bertz CT molecular complexity index is 1290. The van der Waals surface area contributed by atoms with Crippen molar-refractivity contribution in [3.05, 3.63) is 24.3 Å². The first-order valence-corrected chi connectivity index (χ1v) is 36.3. The fourth-order valence-corrected chi connectivity index (χ4v) is 11.2. The van der Waals surface area contributed by atoms with Gasteiger partial charge in [0.15, 0.2) is 6.10 Å². The lowest BCUT2D eigenvalue weighted by Crippen LogP contribution is -2.30. The summed E-state index contributed by atoms with van der Waals surface area (Å²) in [5.41, 5.74) is 0. The highest BCUT2D eigenvalue weighted by Crippen LogP contribution is 2.19. The fraction of sp³-hybridized carbons (Fsp3) is 0.905. The predicted molar refractivity (Wildman–Crippen MR) is 349 cm³/mol. The molecule has 80 heavy (non-hydrogen) atoms. The number of rotatable bonds is 68. The molecule has 0 spiro atoms. The molecule has 0 aromatic rings. The zero-order chi connectivity index (χ0) is 57.8. The average Bonchev–Trinajstić information content (AvgIpc) is 3.46. The molecule has 6 heteroatoms. The van der Waals surface area contributed by atoms with Gasteiger partial charge >= 0.3 is 17.9 Å². The standard InChI is InChI=1S/C74H140O6/c1-4-7-10-13-16-19-22-25-28-30-32-34-36-37-39-40-42-44-46-49-52-55-58-61-64-67-73(76)79-70-71(69-78-72(75)66-63-60-57-54-51-48-27-24-21-18-15-12-9-6-3)80-74(77)68-65-62-59-56-53-50-47-45-43-41-38-35-33-31-29-26-23-20-17-14-11-8-5-2/h30-33,71H,4-29,34-70H2,1-3H3/b32-30-,33-31-. The van der Waals surface area contributed by atoms with Crippen LogP contribution in [-0.2, 0) is 28.6 Å². The van der Waals surface area contributed by atoms with E-state index in [0.29, 0.717) is 19.3 Å². The second-order valence-corrected chi connectivity index (χ2v) is 24.9. The number of hydrogen-bond acceptors (Lipinski definition) is 6. The Morgan fingerprint density at radius 2 is 0.412 bits per heavy atom. The monoisotopic (exact) mass is 1130 g/mol. The Hall–Kier alpha value is -2.11. The van der Waals surface area contributed by atoms with Gasteiger partial charge in [0.2, 0.25) is 0 Å². The van der Waals surface area contributed by atoms with Crippen molar-refractivity contribution in [2.45, 2.75) is 419 Å². The highest BCUT2D eigenvalue weighted by molar-refractivity contribution is 5.71. The van der Waals surface area contributed by atoms with Gasteiger partial charge in [0.05, 0.1) is 0 Å². The molecule has 0 bridgehead atoms. The van der Waals surface area contributed by atoms with Crippen molar-refractivity contribution >= 4 is 17.9 Å². The minimum absolute atomic E-state index is 0.0652. The molecule has 472 valence electrons. The largest absolute Gasteiger partial charge is 0.462 e. The van der Waals surface area contributed by atoms with Crippen LogP contribution in [0.2, 0.25) is 0 Å². The number of esters is 3. The normalized spacial score (nSPS) is 12.1. The summed E-state index contributed by atoms with van der Waals surface area (Å²) >= 11 is 0. The van der Waals surface area contributed by atoms with Crippen LogP contribution < -0.4 is 0 Å². The van der Waals surface area contributed by atoms with Gasteiger partial charge in [0.1, 0.15) is 13.2 Å². The third-order valence-electron chi connectivity index (χ3n) is 16.7. The molecule has 0 radical (unpaired) electrons. The molecule has 0 aliphatic carbocycles. The highest BCUT2D eigenvalue weighted by atomic mass is 16.6. The average molecular weight is 1130 g/mol. The number of ether oxygens (including phenoxy) is 3. The fourth-order valence-electron chi connectivity index (χ4n) is 11.2. The number of unbranched alkanes of at least 4 members (excludes halogenated alkanes) is 53. The molecule has 1 unspecified atom stereocenters. The summed E-state index contributed by atoms with van der Waals surface area (Å²) in [5.74, 6) is -0.833. The molecule has 0 amide bonds. The zero-order valence-corrected chi connectivity index (χ0v) is 54.4. The van der Waals surface area contributed by atoms with E-state index in [1.54, 1.807) is 0 Å². The minimum atomic E-state index is -0.769. The van der Waals surface area contributed by atoms with E-state index < -0.39 is 6.10 Å². The maximum atomic E-state index is 13.0. The summed E-state index contributed by atoms with van der Waals surface area (Å²) in [6.07, 6.45) is 85.0. The van der Waals surface area contributed by atoms with Gasteiger partial charge in [-0.2, -0.15) is 0 Å². The first kappa shape index (κ1) is 77.9. The Balaban J connectivity index is 4.24. The molecule has 0 N–H and O–H groups in total. The summed E-state index contributed by atoms with van der Waals surface area (Å²) < 4.78 is 17.0. The maximum Gasteiger partial charge on any atom is 0.306 e. The SMILES string of the molecule is CCCCCCCCCC/C=C\CCCCCCCCCCCCCCCC(=O)OCC(COC(=O)CCCCCCCCCCCCCCCC)OC(=O)CCCCCCCCCCCCC/C=C\CCCCCCCCCC. The van der Waals surface area contributed by atoms with Gasteiger partial charge in [0.25, 0.3) is 0 Å². The molecule has 0 saturated carbocycles. The van der Waals surface area contributed by atoms with Crippen molar-refractivity contribution in [3.63, 3.8) is 0 Å². The summed E-state index contributed by atoms with van der Waals surface area (Å²) in [6, 6.07) is 0. The molecule has 0 rings (SSSR count). The summed E-state index contributed by atoms with van der Waals surface area (Å²) in [6.45, 7) is 6.72. The molecule has 1 atom stereocenters. The third-order valence-corrected chi connectivity index (χ3v) is 16.7. The van der Waals surface area contributed by atoms with Gasteiger partial charge in [-0.15, -0.1) is 0 Å². The lowest BCUT2D eigenvalue weighted by atomic mass is 10.0. The number of carbonyl (C=O) groups is 3. The summed E-state index contributed by atoms with van der Waals surface area (Å²) in [4.78, 5) is 38.5. The highest BCUT2D eigenvalue weighted by Gasteiger charge is 2.19. The topological polar surface area (TPSA) is 78.9 Å².